The van der Waals surface area contributed by atoms with Crippen molar-refractivity contribution in [3.05, 3.63) is 82.6 Å². The van der Waals surface area contributed by atoms with Gasteiger partial charge in [-0.15, -0.1) is 0 Å². The molecule has 0 saturated heterocycles. The first-order chi connectivity index (χ1) is 13.0. The van der Waals surface area contributed by atoms with E-state index in [-0.39, 0.29) is 10.7 Å². The Morgan fingerprint density at radius 2 is 1.70 bits per heavy atom. The van der Waals surface area contributed by atoms with Crippen LogP contribution in [0.4, 0.5) is 15.8 Å². The lowest BCUT2D eigenvalue weighted by molar-refractivity contribution is -0.273. The second kappa shape index (κ2) is 7.06. The molecule has 0 fully saturated rings. The van der Waals surface area contributed by atoms with Gasteiger partial charge in [0, 0.05) is 27.5 Å². The monoisotopic (exact) mass is 397 g/mol. The quantitative estimate of drug-likeness (QED) is 0.449. The van der Waals surface area contributed by atoms with Gasteiger partial charge in [0.25, 0.3) is 0 Å². The van der Waals surface area contributed by atoms with Crippen LogP contribution in [0.1, 0.15) is 0 Å². The number of benzene rings is 3. The summed E-state index contributed by atoms with van der Waals surface area (Å²) in [5.74, 6) is -0.958. The molecule has 0 aliphatic carbocycles. The number of nitrogens with one attached hydrogen (secondary N) is 1. The maximum absolute atomic E-state index is 13.5. The lowest BCUT2D eigenvalue weighted by Crippen LogP contribution is -2.04. The van der Waals surface area contributed by atoms with Gasteiger partial charge in [0.1, 0.15) is 5.82 Å². The van der Waals surface area contributed by atoms with Crippen LogP contribution in [-0.2, 0) is 0 Å². The van der Waals surface area contributed by atoms with E-state index in [4.69, 9.17) is 23.2 Å². The van der Waals surface area contributed by atoms with E-state index < -0.39 is 11.7 Å². The third-order valence-electron chi connectivity index (χ3n) is 4.17. The summed E-state index contributed by atoms with van der Waals surface area (Å²) in [5, 5.41) is 17.0. The van der Waals surface area contributed by atoms with E-state index in [2.05, 4.69) is 10.3 Å². The molecule has 3 nitrogen and oxygen atoms in total. The maximum atomic E-state index is 13.5. The Bertz CT molecular complexity index is 1150. The highest BCUT2D eigenvalue weighted by atomic mass is 35.5. The van der Waals surface area contributed by atoms with Gasteiger partial charge in [-0.25, -0.2) is 4.39 Å². The molecule has 0 saturated carbocycles. The first-order valence-electron chi connectivity index (χ1n) is 8.11. The number of hydrogen-bond donors (Lipinski definition) is 1. The van der Waals surface area contributed by atoms with Gasteiger partial charge in [-0.2, -0.15) is 0 Å². The van der Waals surface area contributed by atoms with Gasteiger partial charge in [0.05, 0.1) is 16.2 Å². The van der Waals surface area contributed by atoms with Crippen LogP contribution in [0.3, 0.4) is 0 Å². The zero-order valence-electron chi connectivity index (χ0n) is 13.8. The number of pyridine rings is 1. The van der Waals surface area contributed by atoms with Crippen molar-refractivity contribution in [3.8, 4) is 17.0 Å². The molecule has 1 N–H and O–H groups in total. The Morgan fingerprint density at radius 3 is 2.44 bits per heavy atom. The summed E-state index contributed by atoms with van der Waals surface area (Å²) in [6.45, 7) is 0. The highest BCUT2D eigenvalue weighted by molar-refractivity contribution is 6.31. The van der Waals surface area contributed by atoms with Gasteiger partial charge in [-0.05, 0) is 42.0 Å². The van der Waals surface area contributed by atoms with Crippen molar-refractivity contribution < 1.29 is 9.50 Å². The summed E-state index contributed by atoms with van der Waals surface area (Å²) in [5.41, 5.74) is 2.82. The van der Waals surface area contributed by atoms with Crippen LogP contribution < -0.4 is 10.4 Å². The molecule has 4 rings (SSSR count). The second-order valence-corrected chi connectivity index (χ2v) is 6.79. The molecule has 0 amide bonds. The van der Waals surface area contributed by atoms with E-state index in [1.165, 1.54) is 18.2 Å². The Kier molecular flexibility index (Phi) is 4.60. The number of hydrogen-bond acceptors (Lipinski definition) is 3. The van der Waals surface area contributed by atoms with Crippen LogP contribution in [0, 0.1) is 5.82 Å². The summed E-state index contributed by atoms with van der Waals surface area (Å²) in [4.78, 5) is 4.16. The molecular weight excluding hydrogens is 386 g/mol. The fourth-order valence-electron chi connectivity index (χ4n) is 2.95. The predicted molar refractivity (Wildman–Crippen MR) is 106 cm³/mol. The number of rotatable bonds is 3. The Hall–Kier alpha value is -2.82. The summed E-state index contributed by atoms with van der Waals surface area (Å²) < 4.78 is 13.5. The predicted octanol–water partition coefficient (Wildman–Crippen LogP) is 6.16. The van der Waals surface area contributed by atoms with Crippen molar-refractivity contribution in [1.29, 1.82) is 0 Å². The molecular formula is C21H12Cl2FN2O-. The fourth-order valence-corrected chi connectivity index (χ4v) is 3.30. The van der Waals surface area contributed by atoms with Crippen LogP contribution in [-0.4, -0.2) is 4.98 Å². The number of anilines is 2. The van der Waals surface area contributed by atoms with E-state index in [0.717, 1.165) is 10.9 Å². The van der Waals surface area contributed by atoms with Gasteiger partial charge in [0.15, 0.2) is 0 Å². The van der Waals surface area contributed by atoms with Crippen LogP contribution in [0.2, 0.25) is 10.0 Å². The van der Waals surface area contributed by atoms with Crippen molar-refractivity contribution in [2.75, 3.05) is 5.32 Å². The average Bonchev–Trinajstić information content (AvgIpc) is 2.66. The Balaban J connectivity index is 1.98. The largest absolute Gasteiger partial charge is 0.857 e. The molecule has 1 aromatic heterocycles. The third kappa shape index (κ3) is 3.42. The molecule has 3 aromatic carbocycles. The van der Waals surface area contributed by atoms with Gasteiger partial charge in [-0.1, -0.05) is 53.5 Å². The van der Waals surface area contributed by atoms with Gasteiger partial charge >= 0.3 is 0 Å². The van der Waals surface area contributed by atoms with Crippen LogP contribution in [0.5, 0.6) is 5.88 Å². The minimum atomic E-state index is -0.531. The number of nitrogens with zero attached hydrogens (tertiary/aromatic N) is 1. The third-order valence-corrected chi connectivity index (χ3v) is 4.69. The fraction of sp³-hybridized carbons (Fsp3) is 0. The molecule has 0 aliphatic heterocycles. The first-order valence-corrected chi connectivity index (χ1v) is 8.86. The van der Waals surface area contributed by atoms with Crippen molar-refractivity contribution in [2.24, 2.45) is 0 Å². The van der Waals surface area contributed by atoms with Gasteiger partial charge in [-0.3, -0.25) is 4.98 Å². The molecule has 6 heteroatoms. The maximum Gasteiger partial charge on any atom is 0.141 e. The standard InChI is InChI=1S/C21H13Cl2FN2O/c22-13-6-9-18-15(10-13)19(12-4-2-1-3-5-12)20(21(27)26-18)25-14-7-8-17(24)16(23)11-14/h1-11,25H,(H,26,27)/p-1. The number of fused-ring (bicyclic) bond motifs is 1. The summed E-state index contributed by atoms with van der Waals surface area (Å²) in [6.07, 6.45) is 0. The molecule has 0 radical (unpaired) electrons. The molecule has 1 heterocycles. The average molecular weight is 398 g/mol. The van der Waals surface area contributed by atoms with Crippen molar-refractivity contribution >= 4 is 45.5 Å². The van der Waals surface area contributed by atoms with Crippen LogP contribution in [0.15, 0.2) is 66.7 Å². The highest BCUT2D eigenvalue weighted by Crippen LogP contribution is 2.41. The van der Waals surface area contributed by atoms with E-state index in [9.17, 15) is 9.50 Å². The molecule has 27 heavy (non-hydrogen) atoms. The van der Waals surface area contributed by atoms with E-state index in [0.29, 0.717) is 21.8 Å². The first kappa shape index (κ1) is 17.6. The lowest BCUT2D eigenvalue weighted by Gasteiger charge is -2.21. The van der Waals surface area contributed by atoms with E-state index >= 15 is 0 Å². The van der Waals surface area contributed by atoms with Crippen LogP contribution >= 0.6 is 23.2 Å². The summed E-state index contributed by atoms with van der Waals surface area (Å²) in [7, 11) is 0. The molecule has 134 valence electrons. The smallest absolute Gasteiger partial charge is 0.141 e. The minimum absolute atomic E-state index is 0.0366. The molecule has 0 bridgehead atoms. The van der Waals surface area contributed by atoms with Crippen molar-refractivity contribution in [3.63, 3.8) is 0 Å². The highest BCUT2D eigenvalue weighted by Gasteiger charge is 2.14. The SMILES string of the molecule is [O-]c1nc2ccc(Cl)cc2c(-c2ccccc2)c1Nc1ccc(F)c(Cl)c1. The summed E-state index contributed by atoms with van der Waals surface area (Å²) >= 11 is 12.0. The molecule has 0 aliphatic rings. The molecule has 4 aromatic rings. The minimum Gasteiger partial charge on any atom is -0.857 e. The second-order valence-electron chi connectivity index (χ2n) is 5.95. The number of halogens is 3. The zero-order valence-corrected chi connectivity index (χ0v) is 15.4. The molecule has 0 spiro atoms. The lowest BCUT2D eigenvalue weighted by atomic mass is 9.99. The van der Waals surface area contributed by atoms with E-state index in [1.54, 1.807) is 18.2 Å². The Morgan fingerprint density at radius 1 is 0.926 bits per heavy atom. The van der Waals surface area contributed by atoms with Crippen molar-refractivity contribution in [1.82, 2.24) is 4.98 Å². The Labute approximate surface area is 165 Å². The topological polar surface area (TPSA) is 48.0 Å². The van der Waals surface area contributed by atoms with Gasteiger partial charge < -0.3 is 10.4 Å². The van der Waals surface area contributed by atoms with Crippen LogP contribution in [0.25, 0.3) is 22.0 Å². The molecule has 0 atom stereocenters. The number of aromatic nitrogens is 1. The molecule has 0 unspecified atom stereocenters. The van der Waals surface area contributed by atoms with Crippen molar-refractivity contribution in [2.45, 2.75) is 0 Å². The van der Waals surface area contributed by atoms with Gasteiger partial charge in [0.2, 0.25) is 0 Å². The zero-order chi connectivity index (χ0) is 19.0. The van der Waals surface area contributed by atoms with E-state index in [1.807, 2.05) is 30.3 Å². The normalized spacial score (nSPS) is 10.9. The summed E-state index contributed by atoms with van der Waals surface area (Å²) in [6, 6.07) is 18.8.